The number of nitrogens with zero attached hydrogens (tertiary/aromatic N) is 2. The SMILES string of the molecule is CN(c1ccccc1)c1ccc(NS(=O)(=O)c2ccc(C(C)(C)C)cc2)nc1. The molecule has 0 fully saturated rings. The summed E-state index contributed by atoms with van der Waals surface area (Å²) in [6.45, 7) is 6.27. The van der Waals surface area contributed by atoms with Gasteiger partial charge in [0.1, 0.15) is 5.82 Å². The van der Waals surface area contributed by atoms with Crippen LogP contribution in [-0.4, -0.2) is 20.4 Å². The molecule has 0 aliphatic rings. The molecule has 3 rings (SSSR count). The van der Waals surface area contributed by atoms with Crippen molar-refractivity contribution >= 4 is 27.2 Å². The van der Waals surface area contributed by atoms with E-state index in [2.05, 4.69) is 30.5 Å². The van der Waals surface area contributed by atoms with E-state index in [4.69, 9.17) is 0 Å². The van der Waals surface area contributed by atoms with E-state index in [-0.39, 0.29) is 16.1 Å². The quantitative estimate of drug-likeness (QED) is 0.664. The van der Waals surface area contributed by atoms with Gasteiger partial charge in [0, 0.05) is 12.7 Å². The number of nitrogens with one attached hydrogen (secondary N) is 1. The van der Waals surface area contributed by atoms with Crippen LogP contribution < -0.4 is 9.62 Å². The topological polar surface area (TPSA) is 62.3 Å². The Hall–Kier alpha value is -2.86. The summed E-state index contributed by atoms with van der Waals surface area (Å²) in [6.07, 6.45) is 1.65. The lowest BCUT2D eigenvalue weighted by Crippen LogP contribution is -2.16. The van der Waals surface area contributed by atoms with Gasteiger partial charge >= 0.3 is 0 Å². The van der Waals surface area contributed by atoms with Crippen molar-refractivity contribution in [3.05, 3.63) is 78.5 Å². The zero-order valence-corrected chi connectivity index (χ0v) is 17.4. The van der Waals surface area contributed by atoms with Crippen LogP contribution in [0.25, 0.3) is 0 Å². The average Bonchev–Trinajstić information content (AvgIpc) is 2.68. The second kappa shape index (κ2) is 7.64. The molecular weight excluding hydrogens is 370 g/mol. The van der Waals surface area contributed by atoms with Crippen molar-refractivity contribution in [2.75, 3.05) is 16.7 Å². The van der Waals surface area contributed by atoms with Crippen molar-refractivity contribution < 1.29 is 8.42 Å². The first-order valence-corrected chi connectivity index (χ1v) is 10.5. The lowest BCUT2D eigenvalue weighted by molar-refractivity contribution is 0.587. The Balaban J connectivity index is 1.76. The molecular formula is C22H25N3O2S. The Labute approximate surface area is 167 Å². The first-order chi connectivity index (χ1) is 13.2. The molecule has 0 atom stereocenters. The van der Waals surface area contributed by atoms with Gasteiger partial charge in [0.05, 0.1) is 16.8 Å². The molecule has 0 bridgehead atoms. The van der Waals surface area contributed by atoms with Crippen molar-refractivity contribution in [2.45, 2.75) is 31.1 Å². The second-order valence-electron chi connectivity index (χ2n) is 7.68. The maximum absolute atomic E-state index is 12.6. The van der Waals surface area contributed by atoms with Gasteiger partial charge in [0.2, 0.25) is 0 Å². The number of aromatic nitrogens is 1. The first-order valence-electron chi connectivity index (χ1n) is 9.05. The minimum Gasteiger partial charge on any atom is -0.343 e. The van der Waals surface area contributed by atoms with E-state index in [9.17, 15) is 8.42 Å². The maximum Gasteiger partial charge on any atom is 0.263 e. The molecule has 0 unspecified atom stereocenters. The number of rotatable bonds is 5. The van der Waals surface area contributed by atoms with Crippen LogP contribution in [0.1, 0.15) is 26.3 Å². The Morgan fingerprint density at radius 2 is 1.50 bits per heavy atom. The summed E-state index contributed by atoms with van der Waals surface area (Å²) < 4.78 is 27.8. The number of sulfonamides is 1. The highest BCUT2D eigenvalue weighted by molar-refractivity contribution is 7.92. The van der Waals surface area contributed by atoms with Crippen LogP contribution in [0, 0.1) is 0 Å². The Bertz CT molecular complexity index is 1020. The predicted octanol–water partition coefficient (Wildman–Crippen LogP) is 4.95. The summed E-state index contributed by atoms with van der Waals surface area (Å²) in [5.41, 5.74) is 2.94. The lowest BCUT2D eigenvalue weighted by Gasteiger charge is -2.20. The molecule has 1 aromatic heterocycles. The smallest absolute Gasteiger partial charge is 0.263 e. The highest BCUT2D eigenvalue weighted by atomic mass is 32.2. The van der Waals surface area contributed by atoms with Crippen LogP contribution in [0.2, 0.25) is 0 Å². The van der Waals surface area contributed by atoms with Gasteiger partial charge in [-0.05, 0) is 47.4 Å². The largest absolute Gasteiger partial charge is 0.343 e. The van der Waals surface area contributed by atoms with E-state index in [0.717, 1.165) is 16.9 Å². The zero-order valence-electron chi connectivity index (χ0n) is 16.5. The van der Waals surface area contributed by atoms with Gasteiger partial charge in [0.15, 0.2) is 0 Å². The van der Waals surface area contributed by atoms with Crippen molar-refractivity contribution in [1.82, 2.24) is 4.98 Å². The fourth-order valence-corrected chi connectivity index (χ4v) is 3.78. The third-order valence-electron chi connectivity index (χ3n) is 4.55. The summed E-state index contributed by atoms with van der Waals surface area (Å²) >= 11 is 0. The van der Waals surface area contributed by atoms with E-state index in [1.54, 1.807) is 24.4 Å². The van der Waals surface area contributed by atoms with Crippen LogP contribution in [0.4, 0.5) is 17.2 Å². The van der Waals surface area contributed by atoms with Gasteiger partial charge in [-0.1, -0.05) is 51.1 Å². The minimum atomic E-state index is -3.69. The summed E-state index contributed by atoms with van der Waals surface area (Å²) in [5.74, 6) is 0.283. The van der Waals surface area contributed by atoms with E-state index in [1.165, 1.54) is 0 Å². The number of pyridine rings is 1. The molecule has 0 aliphatic heterocycles. The van der Waals surface area contributed by atoms with Gasteiger partial charge in [-0.3, -0.25) is 4.72 Å². The Morgan fingerprint density at radius 3 is 2.04 bits per heavy atom. The third-order valence-corrected chi connectivity index (χ3v) is 5.92. The highest BCUT2D eigenvalue weighted by Gasteiger charge is 2.18. The standard InChI is InChI=1S/C22H25N3O2S/c1-22(2,3)17-10-13-20(14-11-17)28(26,27)24-21-15-12-19(16-23-21)25(4)18-8-6-5-7-9-18/h5-16H,1-4H3,(H,23,24). The van der Waals surface area contributed by atoms with Crippen molar-refractivity contribution in [1.29, 1.82) is 0 Å². The van der Waals surface area contributed by atoms with Crippen LogP contribution in [0.15, 0.2) is 77.8 Å². The molecule has 1 heterocycles. The predicted molar refractivity (Wildman–Crippen MR) is 115 cm³/mol. The van der Waals surface area contributed by atoms with E-state index < -0.39 is 10.0 Å². The van der Waals surface area contributed by atoms with E-state index >= 15 is 0 Å². The number of benzene rings is 2. The van der Waals surface area contributed by atoms with Crippen LogP contribution in [-0.2, 0) is 15.4 Å². The Kier molecular flexibility index (Phi) is 5.42. The van der Waals surface area contributed by atoms with Gasteiger partial charge in [-0.15, -0.1) is 0 Å². The molecule has 0 spiro atoms. The van der Waals surface area contributed by atoms with Crippen LogP contribution in [0.3, 0.4) is 0 Å². The van der Waals surface area contributed by atoms with Gasteiger partial charge in [-0.2, -0.15) is 0 Å². The first kappa shape index (κ1) is 19.9. The Morgan fingerprint density at radius 1 is 0.857 bits per heavy atom. The zero-order chi connectivity index (χ0) is 20.4. The molecule has 0 saturated heterocycles. The molecule has 0 saturated carbocycles. The molecule has 6 heteroatoms. The van der Waals surface area contributed by atoms with Gasteiger partial charge in [0.25, 0.3) is 10.0 Å². The van der Waals surface area contributed by atoms with E-state index in [1.807, 2.05) is 60.5 Å². The molecule has 146 valence electrons. The lowest BCUT2D eigenvalue weighted by atomic mass is 9.87. The van der Waals surface area contributed by atoms with E-state index in [0.29, 0.717) is 0 Å². The van der Waals surface area contributed by atoms with Crippen molar-refractivity contribution in [2.24, 2.45) is 0 Å². The van der Waals surface area contributed by atoms with Gasteiger partial charge < -0.3 is 4.90 Å². The molecule has 0 amide bonds. The fourth-order valence-electron chi connectivity index (χ4n) is 2.78. The molecule has 1 N–H and O–H groups in total. The van der Waals surface area contributed by atoms with Crippen molar-refractivity contribution in [3.8, 4) is 0 Å². The maximum atomic E-state index is 12.6. The molecule has 5 nitrogen and oxygen atoms in total. The monoisotopic (exact) mass is 395 g/mol. The number of hydrogen-bond donors (Lipinski definition) is 1. The van der Waals surface area contributed by atoms with Gasteiger partial charge in [-0.25, -0.2) is 13.4 Å². The highest BCUT2D eigenvalue weighted by Crippen LogP contribution is 2.25. The molecule has 3 aromatic rings. The number of hydrogen-bond acceptors (Lipinski definition) is 4. The van der Waals surface area contributed by atoms with Crippen LogP contribution >= 0.6 is 0 Å². The summed E-state index contributed by atoms with van der Waals surface area (Å²) in [7, 11) is -1.75. The van der Waals surface area contributed by atoms with Crippen molar-refractivity contribution in [3.63, 3.8) is 0 Å². The third kappa shape index (κ3) is 4.51. The molecule has 2 aromatic carbocycles. The second-order valence-corrected chi connectivity index (χ2v) is 9.36. The number of para-hydroxylation sites is 1. The fraction of sp³-hybridized carbons (Fsp3) is 0.227. The molecule has 0 radical (unpaired) electrons. The summed E-state index contributed by atoms with van der Waals surface area (Å²) in [6, 6.07) is 20.3. The summed E-state index contributed by atoms with van der Waals surface area (Å²) in [5, 5.41) is 0. The molecule has 0 aliphatic carbocycles. The van der Waals surface area contributed by atoms with Crippen LogP contribution in [0.5, 0.6) is 0 Å². The minimum absolute atomic E-state index is 0.0299. The normalized spacial score (nSPS) is 11.9. The number of anilines is 3. The average molecular weight is 396 g/mol. The molecule has 28 heavy (non-hydrogen) atoms. The summed E-state index contributed by atoms with van der Waals surface area (Å²) in [4.78, 5) is 6.46.